The van der Waals surface area contributed by atoms with Crippen LogP contribution in [0.4, 0.5) is 0 Å². The van der Waals surface area contributed by atoms with E-state index >= 15 is 0 Å². The predicted molar refractivity (Wildman–Crippen MR) is 58.8 cm³/mol. The van der Waals surface area contributed by atoms with E-state index in [1.54, 1.807) is 0 Å². The molecule has 1 aliphatic rings. The Morgan fingerprint density at radius 2 is 2.38 bits per heavy atom. The minimum Gasteiger partial charge on any atom is -0.370 e. The van der Waals surface area contributed by atoms with Gasteiger partial charge in [0.25, 0.3) is 0 Å². The van der Waals surface area contributed by atoms with E-state index in [1.165, 1.54) is 0 Å². The lowest BCUT2D eigenvalue weighted by atomic mass is 10.2. The molecular formula is C11H19N3O2. The normalized spacial score (nSPS) is 20.8. The van der Waals surface area contributed by atoms with Crippen LogP contribution < -0.4 is 5.32 Å². The van der Waals surface area contributed by atoms with E-state index in [4.69, 9.17) is 9.26 Å². The molecule has 1 fully saturated rings. The second kappa shape index (κ2) is 5.41. The number of nitrogens with one attached hydrogen (secondary N) is 1. The quantitative estimate of drug-likeness (QED) is 0.826. The first-order chi connectivity index (χ1) is 7.75. The molecule has 0 spiro atoms. The zero-order chi connectivity index (χ0) is 11.4. The molecule has 5 nitrogen and oxygen atoms in total. The van der Waals surface area contributed by atoms with Crippen molar-refractivity contribution in [2.45, 2.75) is 39.3 Å². The third kappa shape index (κ3) is 3.02. The third-order valence-corrected chi connectivity index (χ3v) is 2.53. The van der Waals surface area contributed by atoms with Gasteiger partial charge in [0.2, 0.25) is 11.7 Å². The molecule has 0 radical (unpaired) electrons. The van der Waals surface area contributed by atoms with Crippen LogP contribution in [0.5, 0.6) is 0 Å². The Morgan fingerprint density at radius 3 is 3.06 bits per heavy atom. The van der Waals surface area contributed by atoms with Crippen molar-refractivity contribution in [1.29, 1.82) is 0 Å². The van der Waals surface area contributed by atoms with Gasteiger partial charge < -0.3 is 14.6 Å². The Hall–Kier alpha value is -0.940. The summed E-state index contributed by atoms with van der Waals surface area (Å²) in [6.45, 7) is 6.73. The molecule has 16 heavy (non-hydrogen) atoms. The summed E-state index contributed by atoms with van der Waals surface area (Å²) in [7, 11) is 0. The zero-order valence-corrected chi connectivity index (χ0v) is 9.90. The molecule has 0 saturated carbocycles. The predicted octanol–water partition coefficient (Wildman–Crippen LogP) is 1.67. The van der Waals surface area contributed by atoms with E-state index in [9.17, 15) is 0 Å². The highest BCUT2D eigenvalue weighted by Gasteiger charge is 2.22. The SMILES string of the molecule is CC(C)CNCc1nc(C2CCCO2)no1. The molecule has 0 aliphatic carbocycles. The average molecular weight is 225 g/mol. The topological polar surface area (TPSA) is 60.2 Å². The maximum absolute atomic E-state index is 5.49. The zero-order valence-electron chi connectivity index (χ0n) is 9.90. The first-order valence-electron chi connectivity index (χ1n) is 5.90. The largest absolute Gasteiger partial charge is 0.370 e. The Bertz CT molecular complexity index is 319. The van der Waals surface area contributed by atoms with Gasteiger partial charge in [-0.05, 0) is 25.3 Å². The first kappa shape index (κ1) is 11.5. The van der Waals surface area contributed by atoms with Crippen molar-refractivity contribution in [3.63, 3.8) is 0 Å². The lowest BCUT2D eigenvalue weighted by Gasteiger charge is -2.03. The molecular weight excluding hydrogens is 206 g/mol. The van der Waals surface area contributed by atoms with Crippen LogP contribution in [0.25, 0.3) is 0 Å². The number of hydrogen-bond acceptors (Lipinski definition) is 5. The number of nitrogens with zero attached hydrogens (tertiary/aromatic N) is 2. The second-order valence-electron chi connectivity index (χ2n) is 4.57. The molecule has 0 amide bonds. The van der Waals surface area contributed by atoms with Crippen LogP contribution in [0, 0.1) is 5.92 Å². The summed E-state index contributed by atoms with van der Waals surface area (Å²) in [6.07, 6.45) is 2.13. The van der Waals surface area contributed by atoms with E-state index in [-0.39, 0.29) is 6.10 Å². The Balaban J connectivity index is 1.82. The van der Waals surface area contributed by atoms with Gasteiger partial charge >= 0.3 is 0 Å². The van der Waals surface area contributed by atoms with Gasteiger partial charge in [0, 0.05) is 6.61 Å². The van der Waals surface area contributed by atoms with Crippen molar-refractivity contribution in [1.82, 2.24) is 15.5 Å². The standard InChI is InChI=1S/C11H19N3O2/c1-8(2)6-12-7-10-13-11(14-16-10)9-4-3-5-15-9/h8-9,12H,3-7H2,1-2H3. The van der Waals surface area contributed by atoms with Gasteiger partial charge in [0.1, 0.15) is 6.10 Å². The van der Waals surface area contributed by atoms with Gasteiger partial charge in [-0.15, -0.1) is 0 Å². The van der Waals surface area contributed by atoms with Crippen LogP contribution in [-0.2, 0) is 11.3 Å². The third-order valence-electron chi connectivity index (χ3n) is 2.53. The Labute approximate surface area is 95.6 Å². The molecule has 1 saturated heterocycles. The molecule has 1 N–H and O–H groups in total. The lowest BCUT2D eigenvalue weighted by Crippen LogP contribution is -2.19. The monoisotopic (exact) mass is 225 g/mol. The number of hydrogen-bond donors (Lipinski definition) is 1. The molecule has 1 atom stereocenters. The minimum atomic E-state index is 0.0441. The molecule has 0 aromatic carbocycles. The van der Waals surface area contributed by atoms with Gasteiger partial charge in [0.15, 0.2) is 0 Å². The summed E-state index contributed by atoms with van der Waals surface area (Å²) < 4.78 is 10.6. The molecule has 1 unspecified atom stereocenters. The highest BCUT2D eigenvalue weighted by Crippen LogP contribution is 2.25. The van der Waals surface area contributed by atoms with Crippen molar-refractivity contribution in [2.24, 2.45) is 5.92 Å². The lowest BCUT2D eigenvalue weighted by molar-refractivity contribution is 0.103. The van der Waals surface area contributed by atoms with Crippen LogP contribution >= 0.6 is 0 Å². The van der Waals surface area contributed by atoms with E-state index in [0.29, 0.717) is 24.2 Å². The molecule has 2 rings (SSSR count). The number of rotatable bonds is 5. The van der Waals surface area contributed by atoms with Gasteiger partial charge in [-0.2, -0.15) is 4.98 Å². The minimum absolute atomic E-state index is 0.0441. The van der Waals surface area contributed by atoms with Crippen molar-refractivity contribution in [2.75, 3.05) is 13.2 Å². The van der Waals surface area contributed by atoms with Crippen LogP contribution in [0.2, 0.25) is 0 Å². The van der Waals surface area contributed by atoms with E-state index in [2.05, 4.69) is 29.3 Å². The van der Waals surface area contributed by atoms with Gasteiger partial charge in [-0.25, -0.2) is 0 Å². The molecule has 5 heteroatoms. The van der Waals surface area contributed by atoms with Crippen molar-refractivity contribution < 1.29 is 9.26 Å². The van der Waals surface area contributed by atoms with Crippen LogP contribution in [0.15, 0.2) is 4.52 Å². The van der Waals surface area contributed by atoms with E-state index < -0.39 is 0 Å². The van der Waals surface area contributed by atoms with Gasteiger partial charge in [-0.3, -0.25) is 0 Å². The van der Waals surface area contributed by atoms with Crippen LogP contribution in [0.1, 0.15) is 44.5 Å². The molecule has 2 heterocycles. The molecule has 1 aromatic rings. The first-order valence-corrected chi connectivity index (χ1v) is 5.90. The maximum atomic E-state index is 5.49. The highest BCUT2D eigenvalue weighted by molar-refractivity contribution is 4.92. The summed E-state index contributed by atoms with van der Waals surface area (Å²) in [6, 6.07) is 0. The van der Waals surface area contributed by atoms with Crippen molar-refractivity contribution >= 4 is 0 Å². The maximum Gasteiger partial charge on any atom is 0.240 e. The number of aromatic nitrogens is 2. The summed E-state index contributed by atoms with van der Waals surface area (Å²) in [4.78, 5) is 4.32. The van der Waals surface area contributed by atoms with E-state index in [0.717, 1.165) is 26.0 Å². The van der Waals surface area contributed by atoms with Gasteiger partial charge in [0.05, 0.1) is 6.54 Å². The highest BCUT2D eigenvalue weighted by atomic mass is 16.5. The summed E-state index contributed by atoms with van der Waals surface area (Å²) >= 11 is 0. The molecule has 1 aromatic heterocycles. The van der Waals surface area contributed by atoms with Crippen molar-refractivity contribution in [3.8, 4) is 0 Å². The molecule has 0 bridgehead atoms. The fourth-order valence-corrected chi connectivity index (χ4v) is 1.72. The van der Waals surface area contributed by atoms with Crippen molar-refractivity contribution in [3.05, 3.63) is 11.7 Å². The average Bonchev–Trinajstić information content (AvgIpc) is 2.85. The fourth-order valence-electron chi connectivity index (χ4n) is 1.72. The van der Waals surface area contributed by atoms with E-state index in [1.807, 2.05) is 0 Å². The van der Waals surface area contributed by atoms with Crippen LogP contribution in [-0.4, -0.2) is 23.3 Å². The molecule has 90 valence electrons. The fraction of sp³-hybridized carbons (Fsp3) is 0.818. The smallest absolute Gasteiger partial charge is 0.240 e. The number of ether oxygens (including phenoxy) is 1. The van der Waals surface area contributed by atoms with Crippen LogP contribution in [0.3, 0.4) is 0 Å². The van der Waals surface area contributed by atoms with Gasteiger partial charge in [-0.1, -0.05) is 19.0 Å². The Morgan fingerprint density at radius 1 is 1.50 bits per heavy atom. The second-order valence-corrected chi connectivity index (χ2v) is 4.57. The summed E-state index contributed by atoms with van der Waals surface area (Å²) in [5.41, 5.74) is 0. The Kier molecular flexibility index (Phi) is 3.90. The molecule has 1 aliphatic heterocycles. The summed E-state index contributed by atoms with van der Waals surface area (Å²) in [5.74, 6) is 1.96. The summed E-state index contributed by atoms with van der Waals surface area (Å²) in [5, 5.41) is 7.21.